The van der Waals surface area contributed by atoms with E-state index in [1.54, 1.807) is 12.1 Å². The lowest BCUT2D eigenvalue weighted by Crippen LogP contribution is -2.14. The molecule has 2 aromatic carbocycles. The van der Waals surface area contributed by atoms with E-state index >= 15 is 0 Å². The van der Waals surface area contributed by atoms with E-state index in [1.165, 1.54) is 19.2 Å². The van der Waals surface area contributed by atoms with Crippen molar-refractivity contribution in [3.8, 4) is 5.75 Å². The van der Waals surface area contributed by atoms with E-state index in [9.17, 15) is 19.7 Å². The Balaban J connectivity index is 2.03. The van der Waals surface area contributed by atoms with Gasteiger partial charge in [0.1, 0.15) is 0 Å². The molecule has 0 radical (unpaired) electrons. The molecule has 0 unspecified atom stereocenters. The lowest BCUT2D eigenvalue weighted by Gasteiger charge is -2.10. The third-order valence-electron chi connectivity index (χ3n) is 4.36. The first-order valence-electron chi connectivity index (χ1n) is 8.50. The number of Topliss-reactive ketones (excluding diaryl/α,β-unsaturated/α-hetero) is 1. The first-order valence-corrected chi connectivity index (χ1v) is 8.50. The molecule has 2 rings (SSSR count). The van der Waals surface area contributed by atoms with Crippen LogP contribution in [0.1, 0.15) is 52.5 Å². The van der Waals surface area contributed by atoms with Crippen molar-refractivity contribution in [1.29, 1.82) is 0 Å². The van der Waals surface area contributed by atoms with Gasteiger partial charge in [-0.15, -0.1) is 0 Å². The highest BCUT2D eigenvalue weighted by Gasteiger charge is 2.19. The maximum atomic E-state index is 12.2. The van der Waals surface area contributed by atoms with Gasteiger partial charge in [-0.1, -0.05) is 38.1 Å². The fourth-order valence-electron chi connectivity index (χ4n) is 2.49. The first-order chi connectivity index (χ1) is 12.9. The fourth-order valence-corrected chi connectivity index (χ4v) is 2.49. The molecular formula is C20H21NO6. The van der Waals surface area contributed by atoms with Crippen LogP contribution in [0.2, 0.25) is 0 Å². The number of ether oxygens (including phenoxy) is 2. The van der Waals surface area contributed by atoms with Gasteiger partial charge in [0.05, 0.1) is 17.6 Å². The van der Waals surface area contributed by atoms with Gasteiger partial charge in [-0.2, -0.15) is 0 Å². The number of carbonyl (C=O) groups excluding carboxylic acids is 2. The number of nitrogens with zero attached hydrogens (tertiary/aromatic N) is 1. The molecule has 27 heavy (non-hydrogen) atoms. The summed E-state index contributed by atoms with van der Waals surface area (Å²) in [6.45, 7) is 3.75. The van der Waals surface area contributed by atoms with E-state index in [4.69, 9.17) is 9.47 Å². The average molecular weight is 371 g/mol. The smallest absolute Gasteiger partial charge is 0.338 e. The lowest BCUT2D eigenvalue weighted by atomic mass is 9.97. The Morgan fingerprint density at radius 1 is 1.11 bits per heavy atom. The van der Waals surface area contributed by atoms with Crippen molar-refractivity contribution in [3.63, 3.8) is 0 Å². The molecule has 7 nitrogen and oxygen atoms in total. The van der Waals surface area contributed by atoms with E-state index in [2.05, 4.69) is 13.8 Å². The number of methoxy groups -OCH3 is 1. The van der Waals surface area contributed by atoms with E-state index in [0.717, 1.165) is 18.1 Å². The molecule has 0 amide bonds. The van der Waals surface area contributed by atoms with Crippen LogP contribution >= 0.6 is 0 Å². The Morgan fingerprint density at radius 2 is 1.74 bits per heavy atom. The van der Waals surface area contributed by atoms with Crippen LogP contribution in [0.4, 0.5) is 5.69 Å². The molecule has 0 spiro atoms. The second-order valence-corrected chi connectivity index (χ2v) is 6.07. The Morgan fingerprint density at radius 3 is 2.30 bits per heavy atom. The molecule has 0 heterocycles. The van der Waals surface area contributed by atoms with E-state index in [-0.39, 0.29) is 22.8 Å². The maximum Gasteiger partial charge on any atom is 0.338 e. The van der Waals surface area contributed by atoms with Crippen LogP contribution in [0.15, 0.2) is 42.5 Å². The molecule has 2 aromatic rings. The van der Waals surface area contributed by atoms with Crippen molar-refractivity contribution < 1.29 is 24.0 Å². The van der Waals surface area contributed by atoms with Crippen LogP contribution in [0, 0.1) is 10.1 Å². The van der Waals surface area contributed by atoms with Crippen LogP contribution in [-0.2, 0) is 4.74 Å². The highest BCUT2D eigenvalue weighted by atomic mass is 16.6. The summed E-state index contributed by atoms with van der Waals surface area (Å²) in [6.07, 6.45) is 0.999. The topological polar surface area (TPSA) is 95.7 Å². The minimum absolute atomic E-state index is 0.0255. The van der Waals surface area contributed by atoms with Gasteiger partial charge in [0.2, 0.25) is 0 Å². The standard InChI is InChI=1S/C20H21NO6/c1-4-13(2)14-5-7-15(8-6-14)18(22)12-27-20(23)16-9-10-19(26-3)17(11-16)21(24)25/h5-11,13H,4,12H2,1-3H3/t13-/m1/s1. The SMILES string of the molecule is CC[C@@H](C)c1ccc(C(=O)COC(=O)c2ccc(OC)c([N+](=O)[O-])c2)cc1. The van der Waals surface area contributed by atoms with E-state index in [0.29, 0.717) is 11.5 Å². The number of benzene rings is 2. The molecule has 0 aliphatic carbocycles. The van der Waals surface area contributed by atoms with Crippen molar-refractivity contribution in [2.45, 2.75) is 26.2 Å². The Bertz CT molecular complexity index is 844. The largest absolute Gasteiger partial charge is 0.490 e. The van der Waals surface area contributed by atoms with Gasteiger partial charge in [-0.05, 0) is 30.0 Å². The van der Waals surface area contributed by atoms with Crippen LogP contribution in [0.3, 0.4) is 0 Å². The van der Waals surface area contributed by atoms with Crippen molar-refractivity contribution in [3.05, 3.63) is 69.3 Å². The molecule has 0 aliphatic rings. The summed E-state index contributed by atoms with van der Waals surface area (Å²) in [5, 5.41) is 11.0. The summed E-state index contributed by atoms with van der Waals surface area (Å²) in [5.74, 6) is -0.723. The summed E-state index contributed by atoms with van der Waals surface area (Å²) in [4.78, 5) is 34.7. The van der Waals surface area contributed by atoms with Crippen molar-refractivity contribution >= 4 is 17.4 Å². The molecule has 0 saturated heterocycles. The van der Waals surface area contributed by atoms with Gasteiger partial charge in [0.25, 0.3) is 0 Å². The molecule has 0 aliphatic heterocycles. The summed E-state index contributed by atoms with van der Waals surface area (Å²) in [7, 11) is 1.30. The van der Waals surface area contributed by atoms with E-state index in [1.807, 2.05) is 12.1 Å². The number of nitro benzene ring substituents is 1. The number of hydrogen-bond acceptors (Lipinski definition) is 6. The predicted octanol–water partition coefficient (Wildman–Crippen LogP) is 4.16. The van der Waals surface area contributed by atoms with Crippen LogP contribution in [-0.4, -0.2) is 30.4 Å². The van der Waals surface area contributed by atoms with Crippen molar-refractivity contribution in [1.82, 2.24) is 0 Å². The molecular weight excluding hydrogens is 350 g/mol. The molecule has 0 N–H and O–H groups in total. The zero-order valence-electron chi connectivity index (χ0n) is 15.4. The number of nitro groups is 1. The monoisotopic (exact) mass is 371 g/mol. The summed E-state index contributed by atoms with van der Waals surface area (Å²) in [6, 6.07) is 10.9. The van der Waals surface area contributed by atoms with Gasteiger partial charge in [-0.3, -0.25) is 14.9 Å². The molecule has 142 valence electrons. The fraction of sp³-hybridized carbons (Fsp3) is 0.300. The van der Waals surface area contributed by atoms with Crippen LogP contribution in [0.25, 0.3) is 0 Å². The van der Waals surface area contributed by atoms with Gasteiger partial charge >= 0.3 is 11.7 Å². The van der Waals surface area contributed by atoms with Crippen molar-refractivity contribution in [2.75, 3.05) is 13.7 Å². The zero-order chi connectivity index (χ0) is 20.0. The number of esters is 1. The Hall–Kier alpha value is -3.22. The maximum absolute atomic E-state index is 12.2. The summed E-state index contributed by atoms with van der Waals surface area (Å²) >= 11 is 0. The third kappa shape index (κ3) is 4.91. The van der Waals surface area contributed by atoms with E-state index < -0.39 is 17.5 Å². The highest BCUT2D eigenvalue weighted by molar-refractivity contribution is 5.99. The number of hydrogen-bond donors (Lipinski definition) is 0. The summed E-state index contributed by atoms with van der Waals surface area (Å²) in [5.41, 5.74) is 1.20. The molecule has 7 heteroatoms. The van der Waals surface area contributed by atoms with Gasteiger partial charge < -0.3 is 9.47 Å². The Labute approximate surface area is 157 Å². The number of rotatable bonds is 8. The summed E-state index contributed by atoms with van der Waals surface area (Å²) < 4.78 is 9.88. The van der Waals surface area contributed by atoms with Gasteiger partial charge in [0.15, 0.2) is 18.1 Å². The number of ketones is 1. The average Bonchev–Trinajstić information content (AvgIpc) is 2.70. The van der Waals surface area contributed by atoms with Crippen LogP contribution < -0.4 is 4.74 Å². The quantitative estimate of drug-likeness (QED) is 0.299. The first kappa shape index (κ1) is 20.1. The van der Waals surface area contributed by atoms with Gasteiger partial charge in [-0.25, -0.2) is 4.79 Å². The zero-order valence-corrected chi connectivity index (χ0v) is 15.4. The molecule has 0 aromatic heterocycles. The lowest BCUT2D eigenvalue weighted by molar-refractivity contribution is -0.385. The predicted molar refractivity (Wildman–Crippen MR) is 99.4 cm³/mol. The molecule has 0 saturated carbocycles. The molecule has 0 fully saturated rings. The number of carbonyl (C=O) groups is 2. The Kier molecular flexibility index (Phi) is 6.65. The van der Waals surface area contributed by atoms with Crippen molar-refractivity contribution in [2.24, 2.45) is 0 Å². The third-order valence-corrected chi connectivity index (χ3v) is 4.36. The minimum Gasteiger partial charge on any atom is -0.490 e. The second-order valence-electron chi connectivity index (χ2n) is 6.07. The highest BCUT2D eigenvalue weighted by Crippen LogP contribution is 2.27. The molecule has 0 bridgehead atoms. The molecule has 1 atom stereocenters. The normalized spacial score (nSPS) is 11.5. The van der Waals surface area contributed by atoms with Gasteiger partial charge in [0, 0.05) is 11.6 Å². The minimum atomic E-state index is -0.815. The van der Waals surface area contributed by atoms with Crippen LogP contribution in [0.5, 0.6) is 5.75 Å². The second kappa shape index (κ2) is 8.93.